The predicted molar refractivity (Wildman–Crippen MR) is 109 cm³/mol. The van der Waals surface area contributed by atoms with Crippen LogP contribution in [-0.2, 0) is 12.8 Å². The Bertz CT molecular complexity index is 1100. The lowest BCUT2D eigenvalue weighted by Gasteiger charge is -2.07. The van der Waals surface area contributed by atoms with E-state index in [0.29, 0.717) is 13.0 Å². The van der Waals surface area contributed by atoms with Gasteiger partial charge in [0.15, 0.2) is 0 Å². The van der Waals surface area contributed by atoms with Gasteiger partial charge in [-0.25, -0.2) is 9.59 Å². The lowest BCUT2D eigenvalue weighted by molar-refractivity contribution is 0.0688. The maximum atomic E-state index is 11.9. The maximum Gasteiger partial charge on any atom is 0.352 e. The minimum atomic E-state index is -1.33. The molecule has 0 radical (unpaired) electrons. The number of nitrogens with one attached hydrogen (secondary N) is 2. The third kappa shape index (κ3) is 5.77. The molecule has 3 aromatic rings. The van der Waals surface area contributed by atoms with Gasteiger partial charge in [-0.05, 0) is 41.3 Å². The molecule has 0 fully saturated rings. The number of carboxylic acids is 1. The van der Waals surface area contributed by atoms with Crippen molar-refractivity contribution in [3.63, 3.8) is 0 Å². The molecule has 9 heteroatoms. The van der Waals surface area contributed by atoms with Gasteiger partial charge in [0.1, 0.15) is 11.4 Å². The van der Waals surface area contributed by atoms with Crippen molar-refractivity contribution in [1.29, 1.82) is 0 Å². The molecule has 0 aliphatic carbocycles. The Hall–Kier alpha value is -3.43. The lowest BCUT2D eigenvalue weighted by atomic mass is 10.0. The number of benzene rings is 2. The summed E-state index contributed by atoms with van der Waals surface area (Å²) in [6.07, 6.45) is 0.673. The molecule has 0 atom stereocenters. The second kappa shape index (κ2) is 10.2. The van der Waals surface area contributed by atoms with Gasteiger partial charge in [-0.2, -0.15) is 0 Å². The number of carbonyl (C=O) groups is 1. The number of fused-ring (bicyclic) bond motifs is 1. The second-order valence-corrected chi connectivity index (χ2v) is 6.13. The number of nitrogens with two attached hydrogens (primary N) is 1. The minimum Gasteiger partial charge on any atom is -0.497 e. The quantitative estimate of drug-likeness (QED) is 0.405. The molecule has 0 amide bonds. The van der Waals surface area contributed by atoms with Gasteiger partial charge in [0.25, 0.3) is 5.56 Å². The number of hydrogen-bond donors (Lipinski definition) is 5. The zero-order chi connectivity index (χ0) is 21.4. The summed E-state index contributed by atoms with van der Waals surface area (Å²) in [6, 6.07) is 11.6. The first-order valence-corrected chi connectivity index (χ1v) is 8.86. The van der Waals surface area contributed by atoms with Gasteiger partial charge in [0.2, 0.25) is 0 Å². The van der Waals surface area contributed by atoms with Crippen molar-refractivity contribution in [3.8, 4) is 5.75 Å². The molecular weight excluding hydrogens is 378 g/mol. The number of aromatic nitrogens is 2. The summed E-state index contributed by atoms with van der Waals surface area (Å²) >= 11 is 0. The van der Waals surface area contributed by atoms with Crippen LogP contribution in [0.5, 0.6) is 5.75 Å². The first kappa shape index (κ1) is 21.9. The van der Waals surface area contributed by atoms with E-state index in [0.717, 1.165) is 22.1 Å². The Kier molecular flexibility index (Phi) is 7.70. The van der Waals surface area contributed by atoms with Gasteiger partial charge >= 0.3 is 11.7 Å². The van der Waals surface area contributed by atoms with Gasteiger partial charge in [-0.15, -0.1) is 0 Å². The van der Waals surface area contributed by atoms with Crippen LogP contribution in [-0.4, -0.2) is 46.4 Å². The number of rotatable bonds is 6. The number of aromatic carboxylic acids is 1. The number of aromatic amines is 2. The van der Waals surface area contributed by atoms with Gasteiger partial charge in [0.05, 0.1) is 13.7 Å². The van der Waals surface area contributed by atoms with E-state index in [1.165, 1.54) is 0 Å². The fourth-order valence-corrected chi connectivity index (χ4v) is 2.76. The molecular formula is C20H23N3O6. The molecule has 1 heterocycles. The molecule has 0 bridgehead atoms. The third-order valence-corrected chi connectivity index (χ3v) is 4.16. The molecule has 0 spiro atoms. The molecule has 0 unspecified atom stereocenters. The number of H-pyrrole nitrogens is 2. The monoisotopic (exact) mass is 401 g/mol. The minimum absolute atomic E-state index is 0.0573. The van der Waals surface area contributed by atoms with Crippen molar-refractivity contribution >= 4 is 16.7 Å². The summed E-state index contributed by atoms with van der Waals surface area (Å²) < 4.78 is 5.19. The topological polar surface area (TPSA) is 158 Å². The van der Waals surface area contributed by atoms with E-state index >= 15 is 0 Å². The molecule has 1 aromatic heterocycles. The van der Waals surface area contributed by atoms with Gasteiger partial charge < -0.3 is 25.7 Å². The predicted octanol–water partition coefficient (Wildman–Crippen LogP) is 0.646. The molecule has 29 heavy (non-hydrogen) atoms. The number of carboxylic acid groups (broad SMARTS) is 1. The second-order valence-electron chi connectivity index (χ2n) is 6.13. The van der Waals surface area contributed by atoms with Crippen molar-refractivity contribution in [2.75, 3.05) is 20.3 Å². The van der Waals surface area contributed by atoms with E-state index < -0.39 is 17.2 Å². The third-order valence-electron chi connectivity index (χ3n) is 4.16. The van der Waals surface area contributed by atoms with Crippen LogP contribution in [0.3, 0.4) is 0 Å². The first-order valence-electron chi connectivity index (χ1n) is 8.86. The molecule has 6 N–H and O–H groups in total. The highest BCUT2D eigenvalue weighted by Gasteiger charge is 2.15. The Labute approximate surface area is 165 Å². The Balaban J connectivity index is 0.000000687. The zero-order valence-electron chi connectivity index (χ0n) is 15.9. The molecule has 9 nitrogen and oxygen atoms in total. The normalized spacial score (nSPS) is 10.3. The lowest BCUT2D eigenvalue weighted by Crippen LogP contribution is -2.30. The van der Waals surface area contributed by atoms with E-state index in [-0.39, 0.29) is 24.3 Å². The highest BCUT2D eigenvalue weighted by Crippen LogP contribution is 2.22. The Morgan fingerprint density at radius 1 is 1.07 bits per heavy atom. The summed E-state index contributed by atoms with van der Waals surface area (Å²) in [6.45, 7) is 0.472. The summed E-state index contributed by atoms with van der Waals surface area (Å²) in [5, 5.41) is 19.0. The smallest absolute Gasteiger partial charge is 0.352 e. The largest absolute Gasteiger partial charge is 0.497 e. The fourth-order valence-electron chi connectivity index (χ4n) is 2.76. The van der Waals surface area contributed by atoms with Crippen molar-refractivity contribution in [2.45, 2.75) is 12.8 Å². The first-order chi connectivity index (χ1) is 13.9. The molecule has 154 valence electrons. The summed E-state index contributed by atoms with van der Waals surface area (Å²) in [5.41, 5.74) is 3.93. The number of methoxy groups -OCH3 is 1. The molecule has 3 rings (SSSR count). The molecule has 0 aliphatic heterocycles. The number of aliphatic hydroxyl groups excluding tert-OH is 1. The van der Waals surface area contributed by atoms with Crippen LogP contribution in [0, 0.1) is 0 Å². The summed E-state index contributed by atoms with van der Waals surface area (Å²) in [7, 11) is 1.61. The van der Waals surface area contributed by atoms with Crippen LogP contribution in [0.15, 0.2) is 46.0 Å². The van der Waals surface area contributed by atoms with Crippen molar-refractivity contribution in [1.82, 2.24) is 9.97 Å². The van der Waals surface area contributed by atoms with Crippen molar-refractivity contribution in [3.05, 3.63) is 74.1 Å². The van der Waals surface area contributed by atoms with Crippen LogP contribution in [0.25, 0.3) is 10.8 Å². The molecule has 2 aromatic carbocycles. The zero-order valence-corrected chi connectivity index (χ0v) is 15.9. The summed E-state index contributed by atoms with van der Waals surface area (Å²) in [4.78, 5) is 38.6. The van der Waals surface area contributed by atoms with Crippen LogP contribution < -0.4 is 21.7 Å². The van der Waals surface area contributed by atoms with Crippen LogP contribution in [0.4, 0.5) is 0 Å². The number of aryl methyl sites for hydroxylation is 1. The van der Waals surface area contributed by atoms with E-state index in [9.17, 15) is 14.4 Å². The van der Waals surface area contributed by atoms with Crippen molar-refractivity contribution < 1.29 is 19.7 Å². The summed E-state index contributed by atoms with van der Waals surface area (Å²) in [5.74, 6) is -0.560. The van der Waals surface area contributed by atoms with Crippen molar-refractivity contribution in [2.24, 2.45) is 5.73 Å². The molecule has 0 saturated carbocycles. The molecule has 0 saturated heterocycles. The van der Waals surface area contributed by atoms with E-state index in [1.807, 2.05) is 36.4 Å². The number of aliphatic hydroxyl groups is 1. The highest BCUT2D eigenvalue weighted by molar-refractivity contribution is 5.87. The average molecular weight is 401 g/mol. The van der Waals surface area contributed by atoms with Gasteiger partial charge in [-0.1, -0.05) is 24.3 Å². The Morgan fingerprint density at radius 3 is 2.34 bits per heavy atom. The van der Waals surface area contributed by atoms with E-state index in [4.69, 9.17) is 20.7 Å². The highest BCUT2D eigenvalue weighted by atomic mass is 16.5. The van der Waals surface area contributed by atoms with Gasteiger partial charge in [0, 0.05) is 12.1 Å². The van der Waals surface area contributed by atoms with Crippen LogP contribution >= 0.6 is 0 Å². The van der Waals surface area contributed by atoms with Gasteiger partial charge in [-0.3, -0.25) is 9.78 Å². The number of hydrogen-bond acceptors (Lipinski definition) is 6. The molecule has 0 aliphatic rings. The SMILES string of the molecule is COc1ccc2cc(CCc3c(C(=O)O)[nH]c(=O)[nH]c3=O)ccc2c1.NCCO. The maximum absolute atomic E-state index is 11.9. The standard InChI is InChI=1S/C18H16N2O5.C2H7NO/c1-25-13-6-5-11-8-10(2-4-12(11)9-13)3-7-14-15(17(22)23)19-18(24)20-16(14)21;3-1-2-4/h2,4-6,8-9H,3,7H2,1H3,(H,22,23)(H2,19,20,21,24);4H,1-3H2. The number of ether oxygens (including phenoxy) is 1. The average Bonchev–Trinajstić information content (AvgIpc) is 2.72. The van der Waals surface area contributed by atoms with Crippen LogP contribution in [0.1, 0.15) is 21.6 Å². The fraction of sp³-hybridized carbons (Fsp3) is 0.250. The van der Waals surface area contributed by atoms with E-state index in [2.05, 4.69) is 9.97 Å². The van der Waals surface area contributed by atoms with Crippen LogP contribution in [0.2, 0.25) is 0 Å². The Morgan fingerprint density at radius 2 is 1.72 bits per heavy atom. The van der Waals surface area contributed by atoms with E-state index in [1.54, 1.807) is 7.11 Å².